The summed E-state index contributed by atoms with van der Waals surface area (Å²) in [6, 6.07) is 3.54. The van der Waals surface area contributed by atoms with Crippen molar-refractivity contribution >= 4 is 35.0 Å². The molecule has 1 N–H and O–H groups in total. The fraction of sp³-hybridized carbons (Fsp3) is 0.0833. The van der Waals surface area contributed by atoms with Crippen molar-refractivity contribution in [3.05, 3.63) is 41.1 Å². The number of esters is 1. The third-order valence-electron chi connectivity index (χ3n) is 2.16. The van der Waals surface area contributed by atoms with E-state index in [0.717, 1.165) is 23.4 Å². The highest BCUT2D eigenvalue weighted by molar-refractivity contribution is 8.18. The van der Waals surface area contributed by atoms with Gasteiger partial charge in [-0.3, -0.25) is 15.1 Å². The first-order valence-electron chi connectivity index (χ1n) is 5.49. The summed E-state index contributed by atoms with van der Waals surface area (Å²) in [6.07, 6.45) is 5.91. The van der Waals surface area contributed by atoms with Crippen LogP contribution >= 0.6 is 11.8 Å². The number of amidine groups is 1. The van der Waals surface area contributed by atoms with Crippen LogP contribution in [0.1, 0.15) is 5.56 Å². The van der Waals surface area contributed by atoms with E-state index >= 15 is 0 Å². The second-order valence-electron chi connectivity index (χ2n) is 3.52. The SMILES string of the molecule is COC(=O)/C=C1/S/C(=N/N=C/c2ccncc2)NC1=O. The van der Waals surface area contributed by atoms with Gasteiger partial charge in [0.2, 0.25) is 0 Å². The van der Waals surface area contributed by atoms with E-state index in [1.165, 1.54) is 13.3 Å². The van der Waals surface area contributed by atoms with Crippen LogP contribution in [-0.2, 0) is 14.3 Å². The van der Waals surface area contributed by atoms with E-state index < -0.39 is 11.9 Å². The number of rotatable bonds is 3. The summed E-state index contributed by atoms with van der Waals surface area (Å²) >= 11 is 1.02. The molecule has 102 valence electrons. The van der Waals surface area contributed by atoms with E-state index in [0.29, 0.717) is 5.17 Å². The molecule has 0 saturated carbocycles. The first-order chi connectivity index (χ1) is 9.69. The fourth-order valence-corrected chi connectivity index (χ4v) is 1.98. The van der Waals surface area contributed by atoms with Gasteiger partial charge in [0, 0.05) is 18.5 Å². The van der Waals surface area contributed by atoms with Crippen molar-refractivity contribution in [3.63, 3.8) is 0 Å². The highest BCUT2D eigenvalue weighted by atomic mass is 32.2. The van der Waals surface area contributed by atoms with E-state index in [1.54, 1.807) is 24.5 Å². The van der Waals surface area contributed by atoms with Crippen molar-refractivity contribution < 1.29 is 14.3 Å². The van der Waals surface area contributed by atoms with Gasteiger partial charge in [-0.25, -0.2) is 4.79 Å². The van der Waals surface area contributed by atoms with Gasteiger partial charge >= 0.3 is 5.97 Å². The Labute approximate surface area is 118 Å². The van der Waals surface area contributed by atoms with Crippen LogP contribution in [0.15, 0.2) is 45.7 Å². The molecule has 20 heavy (non-hydrogen) atoms. The van der Waals surface area contributed by atoms with Crippen molar-refractivity contribution in [3.8, 4) is 0 Å². The number of thioether (sulfide) groups is 1. The maximum atomic E-state index is 11.5. The second-order valence-corrected chi connectivity index (χ2v) is 4.55. The Balaban J connectivity index is 2.03. The molecule has 0 radical (unpaired) electrons. The molecule has 0 bridgehead atoms. The number of nitrogens with one attached hydrogen (secondary N) is 1. The lowest BCUT2D eigenvalue weighted by molar-refractivity contribution is -0.135. The quantitative estimate of drug-likeness (QED) is 0.382. The highest BCUT2D eigenvalue weighted by Gasteiger charge is 2.24. The lowest BCUT2D eigenvalue weighted by atomic mass is 10.3. The van der Waals surface area contributed by atoms with E-state index in [-0.39, 0.29) is 4.91 Å². The van der Waals surface area contributed by atoms with Crippen LogP contribution in [0.2, 0.25) is 0 Å². The highest BCUT2D eigenvalue weighted by Crippen LogP contribution is 2.23. The van der Waals surface area contributed by atoms with Gasteiger partial charge in [-0.1, -0.05) is 0 Å². The molecule has 8 heteroatoms. The van der Waals surface area contributed by atoms with Gasteiger partial charge < -0.3 is 4.74 Å². The molecule has 1 aliphatic rings. The standard InChI is InChI=1S/C12H10N4O3S/c1-19-10(17)6-9-11(18)15-12(20-9)16-14-7-8-2-4-13-5-3-8/h2-7H,1H3,(H,15,16,18)/b9-6+,14-7+. The van der Waals surface area contributed by atoms with Crippen LogP contribution in [0.4, 0.5) is 0 Å². The summed E-state index contributed by atoms with van der Waals surface area (Å²) in [6.45, 7) is 0. The van der Waals surface area contributed by atoms with E-state index in [2.05, 4.69) is 25.2 Å². The minimum Gasteiger partial charge on any atom is -0.466 e. The van der Waals surface area contributed by atoms with Crippen LogP contribution in [0.3, 0.4) is 0 Å². The van der Waals surface area contributed by atoms with Crippen molar-refractivity contribution in [2.45, 2.75) is 0 Å². The molecule has 1 saturated heterocycles. The lowest BCUT2D eigenvalue weighted by Gasteiger charge is -1.90. The molecule has 1 amide bonds. The average molecular weight is 290 g/mol. The molecule has 0 unspecified atom stereocenters. The molecule has 1 fully saturated rings. The minimum absolute atomic E-state index is 0.217. The number of methoxy groups -OCH3 is 1. The fourth-order valence-electron chi connectivity index (χ4n) is 1.24. The van der Waals surface area contributed by atoms with E-state index in [4.69, 9.17) is 0 Å². The molecule has 0 spiro atoms. The molecule has 2 heterocycles. The van der Waals surface area contributed by atoms with Crippen LogP contribution in [0.25, 0.3) is 0 Å². The Bertz CT molecular complexity index is 610. The molecule has 1 aromatic heterocycles. The Morgan fingerprint density at radius 3 is 2.90 bits per heavy atom. The maximum Gasteiger partial charge on any atom is 0.331 e. The molecule has 7 nitrogen and oxygen atoms in total. The van der Waals surface area contributed by atoms with Crippen LogP contribution in [0.5, 0.6) is 0 Å². The van der Waals surface area contributed by atoms with Gasteiger partial charge in [-0.05, 0) is 29.5 Å². The van der Waals surface area contributed by atoms with Crippen LogP contribution in [0, 0.1) is 0 Å². The van der Waals surface area contributed by atoms with Crippen molar-refractivity contribution in [2.24, 2.45) is 10.2 Å². The summed E-state index contributed by atoms with van der Waals surface area (Å²) < 4.78 is 4.45. The number of hydrogen-bond donors (Lipinski definition) is 1. The zero-order chi connectivity index (χ0) is 14.4. The lowest BCUT2D eigenvalue weighted by Crippen LogP contribution is -2.19. The van der Waals surface area contributed by atoms with Gasteiger partial charge in [0.1, 0.15) is 0 Å². The Kier molecular flexibility index (Phi) is 4.61. The van der Waals surface area contributed by atoms with Crippen LogP contribution < -0.4 is 5.32 Å². The number of nitrogens with zero attached hydrogens (tertiary/aromatic N) is 3. The van der Waals surface area contributed by atoms with Gasteiger partial charge in [0.05, 0.1) is 18.2 Å². The van der Waals surface area contributed by atoms with Gasteiger partial charge in [0.25, 0.3) is 5.91 Å². The average Bonchev–Trinajstić information content (AvgIpc) is 2.80. The molecule has 0 atom stereocenters. The number of hydrogen-bond acceptors (Lipinski definition) is 7. The molecular weight excluding hydrogens is 280 g/mol. The summed E-state index contributed by atoms with van der Waals surface area (Å²) in [5.41, 5.74) is 0.837. The normalized spacial score (nSPS) is 18.8. The molecule has 1 aliphatic heterocycles. The Morgan fingerprint density at radius 1 is 1.45 bits per heavy atom. The Morgan fingerprint density at radius 2 is 2.20 bits per heavy atom. The van der Waals surface area contributed by atoms with E-state index in [9.17, 15) is 9.59 Å². The summed E-state index contributed by atoms with van der Waals surface area (Å²) in [4.78, 5) is 26.7. The predicted octanol–water partition coefficient (Wildman–Crippen LogP) is 0.691. The Hall–Kier alpha value is -2.48. The van der Waals surface area contributed by atoms with Crippen molar-refractivity contribution in [2.75, 3.05) is 7.11 Å². The number of amides is 1. The summed E-state index contributed by atoms with van der Waals surface area (Å²) in [5, 5.41) is 10.5. The number of ether oxygens (including phenoxy) is 1. The first kappa shape index (κ1) is 13.9. The van der Waals surface area contributed by atoms with Crippen LogP contribution in [-0.4, -0.2) is 35.4 Å². The topological polar surface area (TPSA) is 93.0 Å². The smallest absolute Gasteiger partial charge is 0.331 e. The zero-order valence-corrected chi connectivity index (χ0v) is 11.3. The van der Waals surface area contributed by atoms with Gasteiger partial charge in [0.15, 0.2) is 5.17 Å². The molecule has 0 aliphatic carbocycles. The monoisotopic (exact) mass is 290 g/mol. The number of carbonyl (C=O) groups excluding carboxylic acids is 2. The second kappa shape index (κ2) is 6.62. The summed E-state index contributed by atoms with van der Waals surface area (Å²) in [7, 11) is 1.24. The maximum absolute atomic E-state index is 11.5. The number of carbonyl (C=O) groups is 2. The van der Waals surface area contributed by atoms with E-state index in [1.807, 2.05) is 0 Å². The van der Waals surface area contributed by atoms with Crippen molar-refractivity contribution in [1.29, 1.82) is 0 Å². The first-order valence-corrected chi connectivity index (χ1v) is 6.30. The molecule has 1 aromatic rings. The number of aromatic nitrogens is 1. The van der Waals surface area contributed by atoms with Gasteiger partial charge in [-0.15, -0.1) is 5.10 Å². The third kappa shape index (κ3) is 3.75. The number of pyridine rings is 1. The molecule has 0 aromatic carbocycles. The molecular formula is C12H10N4O3S. The minimum atomic E-state index is -0.593. The predicted molar refractivity (Wildman–Crippen MR) is 75.1 cm³/mol. The van der Waals surface area contributed by atoms with Gasteiger partial charge in [-0.2, -0.15) is 5.10 Å². The molecule has 2 rings (SSSR count). The summed E-state index contributed by atoms with van der Waals surface area (Å²) in [5.74, 6) is -0.998. The third-order valence-corrected chi connectivity index (χ3v) is 3.06. The largest absolute Gasteiger partial charge is 0.466 e. The van der Waals surface area contributed by atoms with Crippen molar-refractivity contribution in [1.82, 2.24) is 10.3 Å². The zero-order valence-electron chi connectivity index (χ0n) is 10.4.